The van der Waals surface area contributed by atoms with E-state index in [4.69, 9.17) is 0 Å². The maximum Gasteiger partial charge on any atom is 0.279 e. The third-order valence-corrected chi connectivity index (χ3v) is 5.20. The highest BCUT2D eigenvalue weighted by atomic mass is 32.1. The van der Waals surface area contributed by atoms with E-state index in [1.54, 1.807) is 10.9 Å². The van der Waals surface area contributed by atoms with Gasteiger partial charge in [-0.2, -0.15) is 0 Å². The Balaban J connectivity index is 1.56. The first-order valence-electron chi connectivity index (χ1n) is 8.44. The van der Waals surface area contributed by atoms with Gasteiger partial charge in [-0.25, -0.2) is 9.67 Å². The second-order valence-electron chi connectivity index (χ2n) is 6.07. The van der Waals surface area contributed by atoms with E-state index in [0.717, 1.165) is 21.7 Å². The molecule has 4 aromatic rings. The van der Waals surface area contributed by atoms with Gasteiger partial charge in [-0.1, -0.05) is 65.1 Å². The smallest absolute Gasteiger partial charge is 0.279 e. The van der Waals surface area contributed by atoms with Crippen molar-refractivity contribution in [2.75, 3.05) is 5.32 Å². The molecule has 134 valence electrons. The summed E-state index contributed by atoms with van der Waals surface area (Å²) in [5.41, 5.74) is 4.00. The monoisotopic (exact) mass is 375 g/mol. The second-order valence-corrected chi connectivity index (χ2v) is 7.10. The summed E-state index contributed by atoms with van der Waals surface area (Å²) in [4.78, 5) is 17.9. The van der Waals surface area contributed by atoms with Crippen LogP contribution < -0.4 is 5.32 Å². The molecule has 0 fully saturated rings. The standard InChI is InChI=1S/C20H17N5OS/c1-13-8-6-7-11-16(13)25-14(2)18(23-24-25)19(26)22-20-21-12-17(27-20)15-9-4-3-5-10-15/h3-12H,1-2H3,(H,21,22,26). The largest absolute Gasteiger partial charge is 0.296 e. The number of hydrogen-bond acceptors (Lipinski definition) is 5. The van der Waals surface area contributed by atoms with Crippen molar-refractivity contribution in [1.29, 1.82) is 0 Å². The average Bonchev–Trinajstić information content (AvgIpc) is 3.30. The summed E-state index contributed by atoms with van der Waals surface area (Å²) in [7, 11) is 0. The molecule has 0 atom stereocenters. The van der Waals surface area contributed by atoms with Crippen molar-refractivity contribution in [3.8, 4) is 16.1 Å². The summed E-state index contributed by atoms with van der Waals surface area (Å²) in [6.07, 6.45) is 1.76. The van der Waals surface area contributed by atoms with Gasteiger partial charge in [0.05, 0.1) is 16.3 Å². The number of amides is 1. The molecule has 0 aliphatic rings. The average molecular weight is 375 g/mol. The van der Waals surface area contributed by atoms with Crippen LogP contribution in [0.5, 0.6) is 0 Å². The van der Waals surface area contributed by atoms with Gasteiger partial charge in [-0.05, 0) is 31.0 Å². The zero-order valence-electron chi connectivity index (χ0n) is 14.9. The molecule has 1 amide bonds. The highest BCUT2D eigenvalue weighted by Crippen LogP contribution is 2.29. The molecule has 0 aliphatic heterocycles. The van der Waals surface area contributed by atoms with Crippen LogP contribution in [0.15, 0.2) is 60.8 Å². The fourth-order valence-corrected chi connectivity index (χ4v) is 3.61. The molecule has 2 aromatic carbocycles. The molecule has 1 N–H and O–H groups in total. The number of benzene rings is 2. The molecule has 2 heterocycles. The van der Waals surface area contributed by atoms with Crippen LogP contribution in [-0.2, 0) is 0 Å². The Hall–Kier alpha value is -3.32. The lowest BCUT2D eigenvalue weighted by atomic mass is 10.2. The fourth-order valence-electron chi connectivity index (χ4n) is 2.79. The molecule has 0 saturated heterocycles. The summed E-state index contributed by atoms with van der Waals surface area (Å²) in [5, 5.41) is 11.6. The lowest BCUT2D eigenvalue weighted by Gasteiger charge is -2.06. The van der Waals surface area contributed by atoms with E-state index in [1.165, 1.54) is 11.3 Å². The third-order valence-electron chi connectivity index (χ3n) is 4.24. The van der Waals surface area contributed by atoms with Crippen molar-refractivity contribution < 1.29 is 4.79 Å². The lowest BCUT2D eigenvalue weighted by Crippen LogP contribution is -2.14. The molecule has 0 unspecified atom stereocenters. The van der Waals surface area contributed by atoms with Gasteiger partial charge in [-0.15, -0.1) is 5.10 Å². The number of rotatable bonds is 4. The molecule has 2 aromatic heterocycles. The van der Waals surface area contributed by atoms with Gasteiger partial charge in [-0.3, -0.25) is 10.1 Å². The van der Waals surface area contributed by atoms with Crippen molar-refractivity contribution in [1.82, 2.24) is 20.0 Å². The zero-order chi connectivity index (χ0) is 18.8. The number of thiazole rings is 1. The first-order chi connectivity index (χ1) is 13.1. The first kappa shape index (κ1) is 17.1. The van der Waals surface area contributed by atoms with Crippen LogP contribution >= 0.6 is 11.3 Å². The second kappa shape index (κ2) is 7.13. The Kier molecular flexibility index (Phi) is 4.52. The Morgan fingerprint density at radius 3 is 2.56 bits per heavy atom. The first-order valence-corrected chi connectivity index (χ1v) is 9.26. The summed E-state index contributed by atoms with van der Waals surface area (Å²) in [6, 6.07) is 17.8. The molecule has 0 saturated carbocycles. The molecule has 0 radical (unpaired) electrons. The normalized spacial score (nSPS) is 10.7. The SMILES string of the molecule is Cc1ccccc1-n1nnc(C(=O)Nc2ncc(-c3ccccc3)s2)c1C. The molecule has 6 nitrogen and oxygen atoms in total. The van der Waals surface area contributed by atoms with Crippen molar-refractivity contribution in [2.45, 2.75) is 13.8 Å². The Morgan fingerprint density at radius 1 is 1.04 bits per heavy atom. The van der Waals surface area contributed by atoms with Gasteiger partial charge in [0.25, 0.3) is 5.91 Å². The van der Waals surface area contributed by atoms with E-state index in [0.29, 0.717) is 10.8 Å². The predicted molar refractivity (Wildman–Crippen MR) is 106 cm³/mol. The molecule has 0 spiro atoms. The maximum absolute atomic E-state index is 12.6. The van der Waals surface area contributed by atoms with Crippen molar-refractivity contribution in [3.05, 3.63) is 77.7 Å². The van der Waals surface area contributed by atoms with Crippen molar-refractivity contribution >= 4 is 22.4 Å². The minimum Gasteiger partial charge on any atom is -0.296 e. The number of aryl methyl sites for hydroxylation is 1. The summed E-state index contributed by atoms with van der Waals surface area (Å²) in [5.74, 6) is -0.318. The minimum absolute atomic E-state index is 0.287. The minimum atomic E-state index is -0.318. The van der Waals surface area contributed by atoms with Gasteiger partial charge < -0.3 is 0 Å². The number of anilines is 1. The highest BCUT2D eigenvalue weighted by molar-refractivity contribution is 7.19. The molecular formula is C20H17N5OS. The van der Waals surface area contributed by atoms with Crippen LogP contribution in [0.2, 0.25) is 0 Å². The number of hydrogen-bond donors (Lipinski definition) is 1. The van der Waals surface area contributed by atoms with Crippen molar-refractivity contribution in [3.63, 3.8) is 0 Å². The molecule has 4 rings (SSSR count). The Bertz CT molecular complexity index is 1100. The summed E-state index contributed by atoms with van der Waals surface area (Å²) < 4.78 is 1.68. The quantitative estimate of drug-likeness (QED) is 0.578. The van der Waals surface area contributed by atoms with E-state index in [2.05, 4.69) is 20.6 Å². The van der Waals surface area contributed by atoms with Gasteiger partial charge in [0.15, 0.2) is 10.8 Å². The summed E-state index contributed by atoms with van der Waals surface area (Å²) in [6.45, 7) is 3.83. The highest BCUT2D eigenvalue weighted by Gasteiger charge is 2.19. The van der Waals surface area contributed by atoms with E-state index in [1.807, 2.05) is 68.4 Å². The Morgan fingerprint density at radius 2 is 1.78 bits per heavy atom. The third kappa shape index (κ3) is 3.37. The lowest BCUT2D eigenvalue weighted by molar-refractivity contribution is 0.102. The molecule has 27 heavy (non-hydrogen) atoms. The zero-order valence-corrected chi connectivity index (χ0v) is 15.7. The number of nitrogens with zero attached hydrogens (tertiary/aromatic N) is 4. The molecular weight excluding hydrogens is 358 g/mol. The number of para-hydroxylation sites is 1. The van der Waals surface area contributed by atoms with E-state index in [9.17, 15) is 4.79 Å². The van der Waals surface area contributed by atoms with Gasteiger partial charge in [0.1, 0.15) is 0 Å². The van der Waals surface area contributed by atoms with Crippen LogP contribution in [0.4, 0.5) is 5.13 Å². The number of nitrogens with one attached hydrogen (secondary N) is 1. The van der Waals surface area contributed by atoms with Gasteiger partial charge in [0.2, 0.25) is 0 Å². The van der Waals surface area contributed by atoms with Crippen LogP contribution in [0, 0.1) is 13.8 Å². The van der Waals surface area contributed by atoms with E-state index < -0.39 is 0 Å². The fraction of sp³-hybridized carbons (Fsp3) is 0.100. The van der Waals surface area contributed by atoms with Crippen LogP contribution in [0.3, 0.4) is 0 Å². The van der Waals surface area contributed by atoms with E-state index in [-0.39, 0.29) is 11.6 Å². The van der Waals surface area contributed by atoms with Crippen molar-refractivity contribution in [2.24, 2.45) is 0 Å². The predicted octanol–water partition coefficient (Wildman–Crippen LogP) is 4.26. The van der Waals surface area contributed by atoms with E-state index >= 15 is 0 Å². The number of carbonyl (C=O) groups excluding carboxylic acids is 1. The molecule has 0 bridgehead atoms. The molecule has 0 aliphatic carbocycles. The molecule has 7 heteroatoms. The van der Waals surface area contributed by atoms with Crippen LogP contribution in [0.25, 0.3) is 16.1 Å². The number of aromatic nitrogens is 4. The summed E-state index contributed by atoms with van der Waals surface area (Å²) >= 11 is 1.42. The van der Waals surface area contributed by atoms with Gasteiger partial charge >= 0.3 is 0 Å². The maximum atomic E-state index is 12.6. The van der Waals surface area contributed by atoms with Crippen LogP contribution in [0.1, 0.15) is 21.7 Å². The van der Waals surface area contributed by atoms with Gasteiger partial charge in [0, 0.05) is 6.20 Å². The Labute approximate surface area is 160 Å². The number of carbonyl (C=O) groups is 1. The van der Waals surface area contributed by atoms with Crippen LogP contribution in [-0.4, -0.2) is 25.9 Å². The topological polar surface area (TPSA) is 72.7 Å².